The Labute approximate surface area is 120 Å². The van der Waals surface area contributed by atoms with E-state index in [-0.39, 0.29) is 6.10 Å². The minimum Gasteiger partial charge on any atom is -0.491 e. The highest BCUT2D eigenvalue weighted by molar-refractivity contribution is 6.00. The highest BCUT2D eigenvalue weighted by Gasteiger charge is 2.14. The normalized spacial score (nSPS) is 12.6. The summed E-state index contributed by atoms with van der Waals surface area (Å²) in [6, 6.07) is 6.04. The van der Waals surface area contributed by atoms with Crippen LogP contribution in [0.25, 0.3) is 10.9 Å². The van der Waals surface area contributed by atoms with Crippen LogP contribution in [0.15, 0.2) is 18.2 Å². The number of aldehydes is 1. The molecule has 0 fully saturated rings. The van der Waals surface area contributed by atoms with Crippen molar-refractivity contribution in [1.29, 1.82) is 0 Å². The minimum atomic E-state index is 0.186. The monoisotopic (exact) mass is 273 g/mol. The molecule has 0 aliphatic heterocycles. The molecule has 108 valence electrons. The second kappa shape index (κ2) is 6.12. The van der Waals surface area contributed by atoms with Crippen LogP contribution in [0.1, 0.15) is 49.7 Å². The van der Waals surface area contributed by atoms with E-state index < -0.39 is 0 Å². The van der Waals surface area contributed by atoms with E-state index in [4.69, 9.17) is 4.74 Å². The highest BCUT2D eigenvalue weighted by Crippen LogP contribution is 2.29. The Kier molecular flexibility index (Phi) is 4.48. The minimum absolute atomic E-state index is 0.186. The van der Waals surface area contributed by atoms with Crippen LogP contribution in [0, 0.1) is 6.92 Å². The van der Waals surface area contributed by atoms with Gasteiger partial charge in [0, 0.05) is 28.7 Å². The van der Waals surface area contributed by atoms with Gasteiger partial charge in [-0.2, -0.15) is 0 Å². The van der Waals surface area contributed by atoms with E-state index in [1.165, 1.54) is 0 Å². The fourth-order valence-electron chi connectivity index (χ4n) is 2.54. The molecule has 0 spiro atoms. The number of benzene rings is 1. The largest absolute Gasteiger partial charge is 0.491 e. The number of hydrogen-bond donors (Lipinski definition) is 0. The zero-order valence-corrected chi connectivity index (χ0v) is 12.8. The number of nitrogens with zero attached hydrogens (tertiary/aromatic N) is 1. The van der Waals surface area contributed by atoms with E-state index in [2.05, 4.69) is 31.4 Å². The van der Waals surface area contributed by atoms with Gasteiger partial charge in [-0.1, -0.05) is 13.8 Å². The van der Waals surface area contributed by atoms with Gasteiger partial charge in [0.25, 0.3) is 0 Å². The van der Waals surface area contributed by atoms with Gasteiger partial charge in [0.1, 0.15) is 5.75 Å². The summed E-state index contributed by atoms with van der Waals surface area (Å²) < 4.78 is 8.07. The van der Waals surface area contributed by atoms with Crippen LogP contribution in [-0.4, -0.2) is 17.0 Å². The molecule has 0 bridgehead atoms. The molecule has 1 aromatic carbocycles. The molecule has 0 aliphatic carbocycles. The van der Waals surface area contributed by atoms with Gasteiger partial charge in [0.05, 0.1) is 6.10 Å². The molecule has 2 rings (SSSR count). The van der Waals surface area contributed by atoms with Gasteiger partial charge < -0.3 is 9.30 Å². The van der Waals surface area contributed by atoms with E-state index in [1.54, 1.807) is 0 Å². The molecule has 0 saturated carbocycles. The zero-order valence-electron chi connectivity index (χ0n) is 12.8. The summed E-state index contributed by atoms with van der Waals surface area (Å²) in [6.07, 6.45) is 3.16. The van der Waals surface area contributed by atoms with E-state index >= 15 is 0 Å². The number of rotatable bonds is 6. The Hall–Kier alpha value is -1.77. The first-order valence-electron chi connectivity index (χ1n) is 7.37. The molecule has 1 atom stereocenters. The Morgan fingerprint density at radius 3 is 2.70 bits per heavy atom. The molecule has 0 N–H and O–H groups in total. The first-order valence-corrected chi connectivity index (χ1v) is 7.37. The van der Waals surface area contributed by atoms with Crippen molar-refractivity contribution in [3.8, 4) is 5.75 Å². The van der Waals surface area contributed by atoms with E-state index in [1.807, 2.05) is 19.1 Å². The molecule has 1 aromatic heterocycles. The maximum absolute atomic E-state index is 11.4. The van der Waals surface area contributed by atoms with Gasteiger partial charge in [-0.15, -0.1) is 0 Å². The average molecular weight is 273 g/mol. The fraction of sp³-hybridized carbons (Fsp3) is 0.471. The third kappa shape index (κ3) is 2.58. The number of carbonyl (C=O) groups is 1. The van der Waals surface area contributed by atoms with Crippen molar-refractivity contribution in [3.05, 3.63) is 29.5 Å². The molecule has 0 aliphatic rings. The molecule has 0 unspecified atom stereocenters. The molecule has 0 saturated heterocycles. The number of carbonyl (C=O) groups excluding carboxylic acids is 1. The SMILES string of the molecule is CCCn1c(C)c(C=O)c2cc(O[C@@H](C)CC)ccc21. The van der Waals surface area contributed by atoms with Crippen LogP contribution in [0.4, 0.5) is 0 Å². The van der Waals surface area contributed by atoms with Crippen molar-refractivity contribution in [2.24, 2.45) is 0 Å². The number of aryl methyl sites for hydroxylation is 1. The van der Waals surface area contributed by atoms with Crippen LogP contribution in [-0.2, 0) is 6.54 Å². The smallest absolute Gasteiger partial charge is 0.152 e. The summed E-state index contributed by atoms with van der Waals surface area (Å²) in [5, 5.41) is 0.992. The lowest BCUT2D eigenvalue weighted by Gasteiger charge is -2.13. The molecule has 0 amide bonds. The summed E-state index contributed by atoms with van der Waals surface area (Å²) in [6.45, 7) is 9.24. The summed E-state index contributed by atoms with van der Waals surface area (Å²) in [5.74, 6) is 0.837. The first-order chi connectivity index (χ1) is 9.62. The predicted octanol–water partition coefficient (Wildman–Crippen LogP) is 4.35. The predicted molar refractivity (Wildman–Crippen MR) is 82.7 cm³/mol. The van der Waals surface area contributed by atoms with Gasteiger partial charge in [0.15, 0.2) is 6.29 Å². The van der Waals surface area contributed by atoms with Crippen LogP contribution >= 0.6 is 0 Å². The van der Waals surface area contributed by atoms with E-state index in [9.17, 15) is 4.79 Å². The Bertz CT molecular complexity index is 613. The van der Waals surface area contributed by atoms with Crippen molar-refractivity contribution >= 4 is 17.2 Å². The standard InChI is InChI=1S/C17H23NO2/c1-5-9-18-13(4)16(11-19)15-10-14(7-8-17(15)18)20-12(3)6-2/h7-8,10-12H,5-6,9H2,1-4H3/t12-/m0/s1. The topological polar surface area (TPSA) is 31.2 Å². The Balaban J connectivity index is 2.53. The van der Waals surface area contributed by atoms with Crippen LogP contribution < -0.4 is 4.74 Å². The quantitative estimate of drug-likeness (QED) is 0.733. The maximum Gasteiger partial charge on any atom is 0.152 e. The van der Waals surface area contributed by atoms with Gasteiger partial charge in [0.2, 0.25) is 0 Å². The molecular weight excluding hydrogens is 250 g/mol. The van der Waals surface area contributed by atoms with Crippen molar-refractivity contribution in [2.75, 3.05) is 0 Å². The lowest BCUT2D eigenvalue weighted by atomic mass is 10.1. The highest BCUT2D eigenvalue weighted by atomic mass is 16.5. The average Bonchev–Trinajstić information content (AvgIpc) is 2.71. The van der Waals surface area contributed by atoms with Gasteiger partial charge in [-0.05, 0) is 44.9 Å². The second-order valence-corrected chi connectivity index (χ2v) is 5.28. The molecule has 2 aromatic rings. The van der Waals surface area contributed by atoms with Gasteiger partial charge in [-0.3, -0.25) is 4.79 Å². The van der Waals surface area contributed by atoms with Gasteiger partial charge >= 0.3 is 0 Å². The van der Waals surface area contributed by atoms with Crippen LogP contribution in [0.5, 0.6) is 5.75 Å². The summed E-state index contributed by atoms with van der Waals surface area (Å²) in [4.78, 5) is 11.4. The van der Waals surface area contributed by atoms with Crippen molar-refractivity contribution < 1.29 is 9.53 Å². The van der Waals surface area contributed by atoms with Crippen molar-refractivity contribution in [2.45, 2.75) is 53.2 Å². The third-order valence-corrected chi connectivity index (χ3v) is 3.82. The van der Waals surface area contributed by atoms with Crippen molar-refractivity contribution in [1.82, 2.24) is 4.57 Å². The summed E-state index contributed by atoms with van der Waals surface area (Å²) in [7, 11) is 0. The Morgan fingerprint density at radius 2 is 2.10 bits per heavy atom. The summed E-state index contributed by atoms with van der Waals surface area (Å²) >= 11 is 0. The maximum atomic E-state index is 11.4. The van der Waals surface area contributed by atoms with E-state index in [0.717, 1.165) is 53.6 Å². The fourth-order valence-corrected chi connectivity index (χ4v) is 2.54. The van der Waals surface area contributed by atoms with Gasteiger partial charge in [-0.25, -0.2) is 0 Å². The molecule has 3 nitrogen and oxygen atoms in total. The molecular formula is C17H23NO2. The molecule has 3 heteroatoms. The van der Waals surface area contributed by atoms with E-state index in [0.29, 0.717) is 0 Å². The van der Waals surface area contributed by atoms with Crippen LogP contribution in [0.2, 0.25) is 0 Å². The Morgan fingerprint density at radius 1 is 1.35 bits per heavy atom. The summed E-state index contributed by atoms with van der Waals surface area (Å²) in [5.41, 5.74) is 2.93. The van der Waals surface area contributed by atoms with Crippen molar-refractivity contribution in [3.63, 3.8) is 0 Å². The molecule has 20 heavy (non-hydrogen) atoms. The number of aromatic nitrogens is 1. The number of hydrogen-bond acceptors (Lipinski definition) is 2. The molecule has 1 heterocycles. The number of ether oxygens (including phenoxy) is 1. The zero-order chi connectivity index (χ0) is 14.7. The third-order valence-electron chi connectivity index (χ3n) is 3.82. The lowest BCUT2D eigenvalue weighted by molar-refractivity contribution is 0.112. The number of fused-ring (bicyclic) bond motifs is 1. The second-order valence-electron chi connectivity index (χ2n) is 5.28. The molecule has 0 radical (unpaired) electrons. The first kappa shape index (κ1) is 14.6. The van der Waals surface area contributed by atoms with Crippen LogP contribution in [0.3, 0.4) is 0 Å². The lowest BCUT2D eigenvalue weighted by Crippen LogP contribution is -2.09.